The zero-order valence-corrected chi connectivity index (χ0v) is 17.9. The molecule has 1 saturated carbocycles. The van der Waals surface area contributed by atoms with Crippen molar-refractivity contribution < 1.29 is 12.8 Å². The first-order valence-corrected chi connectivity index (χ1v) is 12.0. The molecule has 0 atom stereocenters. The SMILES string of the molecule is O=S(=O)(c1ccccc1)C1(c2nc(-c3ccccc3)c(-c3ccccc3)o2)CCCC1. The molecule has 1 aromatic heterocycles. The minimum absolute atomic E-state index is 0.298. The number of aromatic nitrogens is 1. The van der Waals surface area contributed by atoms with E-state index in [1.807, 2.05) is 66.7 Å². The van der Waals surface area contributed by atoms with Crippen LogP contribution in [0.4, 0.5) is 0 Å². The van der Waals surface area contributed by atoms with E-state index in [1.54, 1.807) is 24.3 Å². The Kier molecular flexibility index (Phi) is 4.98. The van der Waals surface area contributed by atoms with Gasteiger partial charge < -0.3 is 4.42 Å². The van der Waals surface area contributed by atoms with Gasteiger partial charge in [0.25, 0.3) is 0 Å². The molecule has 5 heteroatoms. The number of oxazole rings is 1. The van der Waals surface area contributed by atoms with E-state index >= 15 is 0 Å². The predicted octanol–water partition coefficient (Wildman–Crippen LogP) is 6.25. The third-order valence-electron chi connectivity index (χ3n) is 6.08. The third-order valence-corrected chi connectivity index (χ3v) is 8.58. The lowest BCUT2D eigenvalue weighted by Crippen LogP contribution is -2.33. The van der Waals surface area contributed by atoms with E-state index in [0.717, 1.165) is 24.0 Å². The summed E-state index contributed by atoms with van der Waals surface area (Å²) in [5, 5.41) is 0. The van der Waals surface area contributed by atoms with Gasteiger partial charge in [0.2, 0.25) is 5.89 Å². The van der Waals surface area contributed by atoms with Crippen LogP contribution in [0.1, 0.15) is 31.6 Å². The van der Waals surface area contributed by atoms with E-state index in [4.69, 9.17) is 9.40 Å². The topological polar surface area (TPSA) is 60.2 Å². The first-order chi connectivity index (χ1) is 15.1. The molecule has 0 bridgehead atoms. The molecule has 156 valence electrons. The highest BCUT2D eigenvalue weighted by molar-refractivity contribution is 7.92. The first kappa shape index (κ1) is 19.8. The van der Waals surface area contributed by atoms with Gasteiger partial charge in [-0.25, -0.2) is 13.4 Å². The van der Waals surface area contributed by atoms with Crippen molar-refractivity contribution in [2.45, 2.75) is 35.3 Å². The summed E-state index contributed by atoms with van der Waals surface area (Å²) < 4.78 is 32.9. The Morgan fingerprint density at radius 3 is 1.81 bits per heavy atom. The van der Waals surface area contributed by atoms with E-state index in [1.165, 1.54) is 0 Å². The lowest BCUT2D eigenvalue weighted by atomic mass is 10.1. The number of sulfone groups is 1. The molecule has 0 amide bonds. The van der Waals surface area contributed by atoms with Crippen LogP contribution in [0.15, 0.2) is 100 Å². The summed E-state index contributed by atoms with van der Waals surface area (Å²) in [6.45, 7) is 0. The molecule has 4 aromatic rings. The second kappa shape index (κ2) is 7.82. The molecule has 0 N–H and O–H groups in total. The van der Waals surface area contributed by atoms with Crippen LogP contribution in [0.2, 0.25) is 0 Å². The summed E-state index contributed by atoms with van der Waals surface area (Å²) in [5.41, 5.74) is 2.46. The number of benzene rings is 3. The fraction of sp³-hybridized carbons (Fsp3) is 0.192. The van der Waals surface area contributed by atoms with Gasteiger partial charge in [-0.1, -0.05) is 91.7 Å². The predicted molar refractivity (Wildman–Crippen MR) is 121 cm³/mol. The molecule has 1 heterocycles. The summed E-state index contributed by atoms with van der Waals surface area (Å²) in [6, 6.07) is 28.2. The minimum atomic E-state index is -3.68. The number of rotatable bonds is 5. The fourth-order valence-corrected chi connectivity index (χ4v) is 6.57. The average molecular weight is 430 g/mol. The van der Waals surface area contributed by atoms with Gasteiger partial charge in [0.05, 0.1) is 4.90 Å². The zero-order chi connectivity index (χ0) is 21.3. The van der Waals surface area contributed by atoms with Crippen molar-refractivity contribution in [2.75, 3.05) is 0 Å². The smallest absolute Gasteiger partial charge is 0.217 e. The average Bonchev–Trinajstić information content (AvgIpc) is 3.50. The Morgan fingerprint density at radius 2 is 1.23 bits per heavy atom. The molecule has 0 saturated heterocycles. The quantitative estimate of drug-likeness (QED) is 0.376. The molecule has 0 radical (unpaired) electrons. The molecule has 0 aliphatic heterocycles. The van der Waals surface area contributed by atoms with E-state index in [0.29, 0.717) is 35.1 Å². The third kappa shape index (κ3) is 3.29. The highest BCUT2D eigenvalue weighted by Gasteiger charge is 2.52. The molecule has 1 aliphatic rings. The number of nitrogens with zero attached hydrogens (tertiary/aromatic N) is 1. The molecule has 3 aromatic carbocycles. The van der Waals surface area contributed by atoms with Crippen LogP contribution in [-0.2, 0) is 14.6 Å². The van der Waals surface area contributed by atoms with Crippen molar-refractivity contribution in [3.8, 4) is 22.6 Å². The maximum atomic E-state index is 13.9. The van der Waals surface area contributed by atoms with E-state index in [-0.39, 0.29) is 0 Å². The summed E-state index contributed by atoms with van der Waals surface area (Å²) in [7, 11) is -3.68. The molecule has 4 nitrogen and oxygen atoms in total. The monoisotopic (exact) mass is 429 g/mol. The Hall–Kier alpha value is -3.18. The maximum absolute atomic E-state index is 13.9. The van der Waals surface area contributed by atoms with Crippen molar-refractivity contribution in [3.05, 3.63) is 96.9 Å². The second-order valence-corrected chi connectivity index (χ2v) is 10.2. The lowest BCUT2D eigenvalue weighted by molar-refractivity contribution is 0.407. The van der Waals surface area contributed by atoms with Crippen molar-refractivity contribution in [1.82, 2.24) is 4.98 Å². The summed E-state index contributed by atoms with van der Waals surface area (Å²) in [4.78, 5) is 5.17. The largest absolute Gasteiger partial charge is 0.438 e. The van der Waals surface area contributed by atoms with Crippen LogP contribution in [0.5, 0.6) is 0 Å². The van der Waals surface area contributed by atoms with Crippen LogP contribution >= 0.6 is 0 Å². The van der Waals surface area contributed by atoms with Gasteiger partial charge >= 0.3 is 0 Å². The second-order valence-electron chi connectivity index (χ2n) is 7.95. The van der Waals surface area contributed by atoms with E-state index in [9.17, 15) is 8.42 Å². The Balaban J connectivity index is 1.73. The normalized spacial score (nSPS) is 15.7. The van der Waals surface area contributed by atoms with Crippen LogP contribution < -0.4 is 0 Å². The van der Waals surface area contributed by atoms with Crippen LogP contribution in [0.25, 0.3) is 22.6 Å². The number of hydrogen-bond acceptors (Lipinski definition) is 4. The lowest BCUT2D eigenvalue weighted by Gasteiger charge is -2.25. The molecule has 1 aliphatic carbocycles. The van der Waals surface area contributed by atoms with Gasteiger partial charge in [0.15, 0.2) is 20.3 Å². The van der Waals surface area contributed by atoms with Gasteiger partial charge in [0.1, 0.15) is 5.69 Å². The molecule has 1 fully saturated rings. The molecule has 0 unspecified atom stereocenters. The number of hydrogen-bond donors (Lipinski definition) is 0. The minimum Gasteiger partial charge on any atom is -0.438 e. The zero-order valence-electron chi connectivity index (χ0n) is 17.1. The van der Waals surface area contributed by atoms with Crippen LogP contribution in [0.3, 0.4) is 0 Å². The maximum Gasteiger partial charge on any atom is 0.217 e. The van der Waals surface area contributed by atoms with E-state index < -0.39 is 14.6 Å². The van der Waals surface area contributed by atoms with Crippen molar-refractivity contribution in [2.24, 2.45) is 0 Å². The molecule has 5 rings (SSSR count). The highest BCUT2D eigenvalue weighted by Crippen LogP contribution is 2.49. The van der Waals surface area contributed by atoms with Crippen molar-refractivity contribution in [1.29, 1.82) is 0 Å². The van der Waals surface area contributed by atoms with Gasteiger partial charge in [-0.3, -0.25) is 0 Å². The van der Waals surface area contributed by atoms with E-state index in [2.05, 4.69) is 0 Å². The van der Waals surface area contributed by atoms with Crippen LogP contribution in [0, 0.1) is 0 Å². The first-order valence-electron chi connectivity index (χ1n) is 10.5. The van der Waals surface area contributed by atoms with Crippen LogP contribution in [-0.4, -0.2) is 13.4 Å². The summed E-state index contributed by atoms with van der Waals surface area (Å²) in [5.74, 6) is 0.905. The van der Waals surface area contributed by atoms with Crippen molar-refractivity contribution >= 4 is 9.84 Å². The standard InChI is InChI=1S/C26H23NO3S/c28-31(29,22-16-8-3-9-17-22)26(18-10-11-19-26)25-27-23(20-12-4-1-5-13-20)24(30-25)21-14-6-2-7-15-21/h1-9,12-17H,10-11,18-19H2. The molecular weight excluding hydrogens is 406 g/mol. The van der Waals surface area contributed by atoms with Gasteiger partial charge in [-0.2, -0.15) is 0 Å². The van der Waals surface area contributed by atoms with Gasteiger partial charge in [-0.05, 0) is 25.0 Å². The molecular formula is C26H23NO3S. The molecule has 31 heavy (non-hydrogen) atoms. The van der Waals surface area contributed by atoms with Gasteiger partial charge in [0, 0.05) is 11.1 Å². The molecule has 0 spiro atoms. The highest BCUT2D eigenvalue weighted by atomic mass is 32.2. The van der Waals surface area contributed by atoms with Crippen molar-refractivity contribution in [3.63, 3.8) is 0 Å². The fourth-order valence-electron chi connectivity index (χ4n) is 4.46. The summed E-state index contributed by atoms with van der Waals surface area (Å²) >= 11 is 0. The Labute approximate surface area is 182 Å². The van der Waals surface area contributed by atoms with Gasteiger partial charge in [-0.15, -0.1) is 0 Å². The Bertz CT molecular complexity index is 1220. The summed E-state index contributed by atoms with van der Waals surface area (Å²) in [6.07, 6.45) is 2.67. The Morgan fingerprint density at radius 1 is 0.710 bits per heavy atom.